The number of hydrogen-bond acceptors (Lipinski definition) is 6. The van der Waals surface area contributed by atoms with E-state index in [1.165, 1.54) is 12.1 Å². The Bertz CT molecular complexity index is 1580. The predicted molar refractivity (Wildman–Crippen MR) is 192 cm³/mol. The van der Waals surface area contributed by atoms with Crippen LogP contribution in [0.4, 0.5) is 9.18 Å². The molecule has 1 aliphatic heterocycles. The Morgan fingerprint density at radius 1 is 1.00 bits per heavy atom. The molecule has 3 fully saturated rings. The van der Waals surface area contributed by atoms with Gasteiger partial charge in [0.1, 0.15) is 18.0 Å². The molecule has 51 heavy (non-hydrogen) atoms. The number of halogens is 2. The molecule has 2 saturated carbocycles. The fourth-order valence-electron chi connectivity index (χ4n) is 7.55. The van der Waals surface area contributed by atoms with Crippen molar-refractivity contribution < 1.29 is 33.4 Å². The van der Waals surface area contributed by atoms with Crippen LogP contribution in [-0.4, -0.2) is 58.7 Å². The lowest BCUT2D eigenvalue weighted by Crippen LogP contribution is -2.57. The number of carbonyl (C=O) groups is 4. The molecule has 1 saturated heterocycles. The van der Waals surface area contributed by atoms with Crippen molar-refractivity contribution in [1.82, 2.24) is 21.3 Å². The number of aliphatic hydroxyl groups excluding tert-OH is 1. The summed E-state index contributed by atoms with van der Waals surface area (Å²) in [6.07, 6.45) is 3.88. The summed E-state index contributed by atoms with van der Waals surface area (Å²) in [6.45, 7) is 7.53. The van der Waals surface area contributed by atoms with E-state index in [-0.39, 0.29) is 24.3 Å². The molecule has 4 unspecified atom stereocenters. The molecule has 1 heterocycles. The second-order valence-electron chi connectivity index (χ2n) is 15.9. The molecule has 12 heteroatoms. The SMILES string of the molecule is CC1(C)CC(CC(NC(=O)[C@H](CC2CCCCC2)NC(=O)OC(c2cccc(F)c2)C(C)(C)c2cccc(Cl)c2)C(O)C(=O)NC2CC2)C(=O)N1. The highest BCUT2D eigenvalue weighted by Crippen LogP contribution is 2.41. The zero-order valence-corrected chi connectivity index (χ0v) is 30.7. The lowest BCUT2D eigenvalue weighted by atomic mass is 9.76. The maximum Gasteiger partial charge on any atom is 0.408 e. The Balaban J connectivity index is 1.39. The van der Waals surface area contributed by atoms with E-state index in [1.54, 1.807) is 30.3 Å². The van der Waals surface area contributed by atoms with Crippen molar-refractivity contribution in [2.24, 2.45) is 11.8 Å². The monoisotopic (exact) mass is 726 g/mol. The van der Waals surface area contributed by atoms with Crippen LogP contribution < -0.4 is 21.3 Å². The molecule has 2 aliphatic carbocycles. The van der Waals surface area contributed by atoms with Crippen LogP contribution in [0.5, 0.6) is 0 Å². The Morgan fingerprint density at radius 2 is 1.71 bits per heavy atom. The first-order valence-corrected chi connectivity index (χ1v) is 18.6. The van der Waals surface area contributed by atoms with Crippen molar-refractivity contribution in [2.75, 3.05) is 0 Å². The number of aliphatic hydroxyl groups is 1. The molecule has 2 aromatic carbocycles. The molecule has 0 bridgehead atoms. The van der Waals surface area contributed by atoms with Gasteiger partial charge in [-0.3, -0.25) is 14.4 Å². The van der Waals surface area contributed by atoms with Crippen LogP contribution in [0.25, 0.3) is 0 Å². The third-order valence-corrected chi connectivity index (χ3v) is 10.8. The first-order valence-electron chi connectivity index (χ1n) is 18.2. The second kappa shape index (κ2) is 16.3. The molecule has 2 aromatic rings. The van der Waals surface area contributed by atoms with Crippen molar-refractivity contribution >= 4 is 35.4 Å². The maximum atomic E-state index is 14.5. The van der Waals surface area contributed by atoms with Crippen molar-refractivity contribution in [3.8, 4) is 0 Å². The smallest absolute Gasteiger partial charge is 0.408 e. The molecule has 3 aliphatic rings. The average Bonchev–Trinajstić information content (AvgIpc) is 3.85. The minimum atomic E-state index is -1.61. The number of ether oxygens (including phenoxy) is 1. The summed E-state index contributed by atoms with van der Waals surface area (Å²) in [7, 11) is 0. The van der Waals surface area contributed by atoms with Gasteiger partial charge in [-0.1, -0.05) is 81.8 Å². The van der Waals surface area contributed by atoms with Crippen molar-refractivity contribution in [3.05, 3.63) is 70.5 Å². The Kier molecular flexibility index (Phi) is 12.3. The topological polar surface area (TPSA) is 146 Å². The van der Waals surface area contributed by atoms with Crippen LogP contribution in [0.15, 0.2) is 48.5 Å². The summed E-state index contributed by atoms with van der Waals surface area (Å²) in [5.41, 5.74) is -0.166. The molecular weight excluding hydrogens is 675 g/mol. The van der Waals surface area contributed by atoms with Crippen molar-refractivity contribution in [2.45, 2.75) is 133 Å². The van der Waals surface area contributed by atoms with Gasteiger partial charge in [0.25, 0.3) is 5.91 Å². The molecule has 278 valence electrons. The number of rotatable bonds is 14. The lowest BCUT2D eigenvalue weighted by Gasteiger charge is -2.35. The van der Waals surface area contributed by atoms with Gasteiger partial charge in [0, 0.05) is 27.9 Å². The van der Waals surface area contributed by atoms with E-state index in [0.717, 1.165) is 50.5 Å². The third-order valence-electron chi connectivity index (χ3n) is 10.5. The van der Waals surface area contributed by atoms with Gasteiger partial charge in [-0.25, -0.2) is 9.18 Å². The van der Waals surface area contributed by atoms with E-state index in [9.17, 15) is 28.7 Å². The Hall–Kier alpha value is -3.70. The van der Waals surface area contributed by atoms with E-state index < -0.39 is 64.9 Å². The van der Waals surface area contributed by atoms with E-state index >= 15 is 0 Å². The van der Waals surface area contributed by atoms with Gasteiger partial charge in [0.15, 0.2) is 6.10 Å². The van der Waals surface area contributed by atoms with Gasteiger partial charge in [-0.05, 0) is 87.3 Å². The van der Waals surface area contributed by atoms with Gasteiger partial charge in [-0.2, -0.15) is 0 Å². The molecule has 0 aromatic heterocycles. The molecule has 5 rings (SSSR count). The predicted octanol–water partition coefficient (Wildman–Crippen LogP) is 5.99. The van der Waals surface area contributed by atoms with Gasteiger partial charge < -0.3 is 31.1 Å². The first kappa shape index (κ1) is 38.5. The molecule has 0 radical (unpaired) electrons. The highest BCUT2D eigenvalue weighted by molar-refractivity contribution is 6.30. The normalized spacial score (nSPS) is 21.5. The van der Waals surface area contributed by atoms with Gasteiger partial charge in [0.05, 0.1) is 6.04 Å². The number of hydrogen-bond donors (Lipinski definition) is 5. The minimum absolute atomic E-state index is 0.0186. The summed E-state index contributed by atoms with van der Waals surface area (Å²) in [6, 6.07) is 10.8. The maximum absolute atomic E-state index is 14.5. The average molecular weight is 727 g/mol. The zero-order chi connectivity index (χ0) is 36.9. The third kappa shape index (κ3) is 10.4. The van der Waals surface area contributed by atoms with E-state index in [2.05, 4.69) is 21.3 Å². The largest absolute Gasteiger partial charge is 0.440 e. The van der Waals surface area contributed by atoms with Gasteiger partial charge in [0.2, 0.25) is 11.8 Å². The number of nitrogens with one attached hydrogen (secondary N) is 4. The number of benzene rings is 2. The van der Waals surface area contributed by atoms with Crippen LogP contribution in [0.2, 0.25) is 5.02 Å². The summed E-state index contributed by atoms with van der Waals surface area (Å²) >= 11 is 6.33. The standard InChI is InChI=1S/C39H52ClFN4O6/c1-38(2)22-25(34(47)45-38)20-30(32(46)36(49)42-29-16-17-29)43-35(48)31(18-23-10-6-5-7-11-23)44-37(50)51-33(24-12-8-15-28(41)19-24)39(3,4)26-13-9-14-27(40)21-26/h8-9,12-15,19,21,23,25,29-33,46H,5-7,10-11,16-18,20,22H2,1-4H3,(H,42,49)(H,43,48)(H,44,50)(H,45,47)/t25?,30?,31-,32?,33?/m0/s1. The van der Waals surface area contributed by atoms with Crippen LogP contribution in [0, 0.1) is 17.7 Å². The molecule has 5 N–H and O–H groups in total. The summed E-state index contributed by atoms with van der Waals surface area (Å²) in [5, 5.41) is 23.1. The fourth-order valence-corrected chi connectivity index (χ4v) is 7.74. The quantitative estimate of drug-likeness (QED) is 0.162. The highest BCUT2D eigenvalue weighted by Gasteiger charge is 2.43. The van der Waals surface area contributed by atoms with Crippen molar-refractivity contribution in [3.63, 3.8) is 0 Å². The minimum Gasteiger partial charge on any atom is -0.440 e. The number of amides is 4. The van der Waals surface area contributed by atoms with Crippen LogP contribution >= 0.6 is 11.6 Å². The zero-order valence-electron chi connectivity index (χ0n) is 30.0. The van der Waals surface area contributed by atoms with E-state index in [1.807, 2.05) is 33.8 Å². The molecule has 0 spiro atoms. The van der Waals surface area contributed by atoms with Gasteiger partial charge in [-0.15, -0.1) is 0 Å². The van der Waals surface area contributed by atoms with Gasteiger partial charge >= 0.3 is 6.09 Å². The lowest BCUT2D eigenvalue weighted by molar-refractivity contribution is -0.134. The summed E-state index contributed by atoms with van der Waals surface area (Å²) in [4.78, 5) is 53.9. The number of alkyl carbamates (subject to hydrolysis) is 1. The summed E-state index contributed by atoms with van der Waals surface area (Å²) in [5.74, 6) is -2.29. The first-order chi connectivity index (χ1) is 24.1. The fraction of sp³-hybridized carbons (Fsp3) is 0.590. The van der Waals surface area contributed by atoms with E-state index in [0.29, 0.717) is 23.4 Å². The molecular formula is C39H52ClFN4O6. The van der Waals surface area contributed by atoms with Crippen molar-refractivity contribution in [1.29, 1.82) is 0 Å². The van der Waals surface area contributed by atoms with Crippen LogP contribution in [-0.2, 0) is 24.5 Å². The van der Waals surface area contributed by atoms with E-state index in [4.69, 9.17) is 16.3 Å². The molecule has 4 amide bonds. The van der Waals surface area contributed by atoms with Crippen LogP contribution in [0.3, 0.4) is 0 Å². The number of carbonyl (C=O) groups excluding carboxylic acids is 4. The van der Waals surface area contributed by atoms with Crippen LogP contribution in [0.1, 0.15) is 109 Å². The molecule has 10 nitrogen and oxygen atoms in total. The Labute approximate surface area is 305 Å². The summed E-state index contributed by atoms with van der Waals surface area (Å²) < 4.78 is 20.6. The molecule has 5 atom stereocenters. The Morgan fingerprint density at radius 3 is 2.33 bits per heavy atom. The highest BCUT2D eigenvalue weighted by atomic mass is 35.5. The second-order valence-corrected chi connectivity index (χ2v) is 16.3.